The minimum absolute atomic E-state index is 0.249. The second kappa shape index (κ2) is 7.71. The summed E-state index contributed by atoms with van der Waals surface area (Å²) in [4.78, 5) is 32.6. The van der Waals surface area contributed by atoms with E-state index >= 15 is 0 Å². The van der Waals surface area contributed by atoms with Gasteiger partial charge in [0.1, 0.15) is 23.5 Å². The van der Waals surface area contributed by atoms with Gasteiger partial charge in [-0.2, -0.15) is 0 Å². The van der Waals surface area contributed by atoms with Gasteiger partial charge < -0.3 is 14.5 Å². The zero-order chi connectivity index (χ0) is 19.3. The molecular formula is C21H15N3O4. The molecule has 0 bridgehead atoms. The Morgan fingerprint density at radius 3 is 2.61 bits per heavy atom. The molecule has 0 saturated carbocycles. The molecule has 1 N–H and O–H groups in total. The molecule has 0 unspecified atom stereocenters. The van der Waals surface area contributed by atoms with Crippen molar-refractivity contribution in [1.29, 1.82) is 0 Å². The quantitative estimate of drug-likeness (QED) is 0.426. The predicted octanol–water partition coefficient (Wildman–Crippen LogP) is 3.23. The Balaban J connectivity index is 1.41. The van der Waals surface area contributed by atoms with Crippen LogP contribution in [0.15, 0.2) is 77.3 Å². The lowest BCUT2D eigenvalue weighted by atomic mass is 10.2. The Labute approximate surface area is 160 Å². The zero-order valence-electron chi connectivity index (χ0n) is 14.7. The van der Waals surface area contributed by atoms with Gasteiger partial charge in [0.05, 0.1) is 0 Å². The number of esters is 1. The highest BCUT2D eigenvalue weighted by Gasteiger charge is 2.13. The number of hydrogen-bond acceptors (Lipinski definition) is 6. The average molecular weight is 373 g/mol. The third-order valence-corrected chi connectivity index (χ3v) is 3.90. The molecule has 2 heterocycles. The molecule has 0 aliphatic carbocycles. The van der Waals surface area contributed by atoms with Gasteiger partial charge in [-0.25, -0.2) is 9.78 Å². The van der Waals surface area contributed by atoms with Gasteiger partial charge in [-0.15, -0.1) is 0 Å². The van der Waals surface area contributed by atoms with E-state index in [0.717, 1.165) is 0 Å². The van der Waals surface area contributed by atoms with E-state index in [-0.39, 0.29) is 12.5 Å². The Morgan fingerprint density at radius 1 is 1.00 bits per heavy atom. The van der Waals surface area contributed by atoms with E-state index in [2.05, 4.69) is 15.3 Å². The van der Waals surface area contributed by atoms with E-state index in [4.69, 9.17) is 9.15 Å². The van der Waals surface area contributed by atoms with Gasteiger partial charge in [0.25, 0.3) is 5.91 Å². The molecule has 0 saturated heterocycles. The number of benzene rings is 2. The van der Waals surface area contributed by atoms with E-state index in [1.54, 1.807) is 60.8 Å². The fraction of sp³-hybridized carbons (Fsp3) is 0.0476. The maximum atomic E-state index is 12.0. The van der Waals surface area contributed by atoms with Crippen LogP contribution >= 0.6 is 0 Å². The standard InChI is InChI=1S/C21H15N3O4/c25-19(13-23-20(26)14-6-2-1-3-7-14)27-15-9-10-16-18(12-15)28-21(24-16)17-8-4-5-11-22-17/h1-12H,13H2,(H,23,26). The molecule has 1 amide bonds. The van der Waals surface area contributed by atoms with Crippen LogP contribution < -0.4 is 10.1 Å². The number of ether oxygens (including phenoxy) is 1. The number of pyridine rings is 1. The van der Waals surface area contributed by atoms with Gasteiger partial charge in [0.15, 0.2) is 5.58 Å². The van der Waals surface area contributed by atoms with Crippen molar-refractivity contribution in [3.05, 3.63) is 78.5 Å². The smallest absolute Gasteiger partial charge is 0.330 e. The van der Waals surface area contributed by atoms with Crippen LogP contribution in [0.4, 0.5) is 0 Å². The molecule has 2 aromatic heterocycles. The Morgan fingerprint density at radius 2 is 1.82 bits per heavy atom. The third-order valence-electron chi connectivity index (χ3n) is 3.90. The molecule has 0 spiro atoms. The second-order valence-electron chi connectivity index (χ2n) is 5.89. The van der Waals surface area contributed by atoms with Crippen LogP contribution in [0.1, 0.15) is 10.4 Å². The second-order valence-corrected chi connectivity index (χ2v) is 5.89. The van der Waals surface area contributed by atoms with E-state index in [9.17, 15) is 9.59 Å². The SMILES string of the molecule is O=C(CNC(=O)c1ccccc1)Oc1ccc2nc(-c3ccccn3)oc2c1. The number of fused-ring (bicyclic) bond motifs is 1. The molecule has 0 fully saturated rings. The summed E-state index contributed by atoms with van der Waals surface area (Å²) in [5.74, 6) is -0.249. The summed E-state index contributed by atoms with van der Waals surface area (Å²) in [6.45, 7) is -0.249. The molecule has 138 valence electrons. The van der Waals surface area contributed by atoms with Crippen LogP contribution in [-0.2, 0) is 4.79 Å². The lowest BCUT2D eigenvalue weighted by Gasteiger charge is -2.06. The van der Waals surface area contributed by atoms with E-state index in [1.165, 1.54) is 0 Å². The van der Waals surface area contributed by atoms with Gasteiger partial charge in [-0.05, 0) is 36.4 Å². The van der Waals surface area contributed by atoms with E-state index in [0.29, 0.717) is 34.0 Å². The molecule has 2 aromatic carbocycles. The zero-order valence-corrected chi connectivity index (χ0v) is 14.7. The van der Waals surface area contributed by atoms with Crippen molar-refractivity contribution in [3.63, 3.8) is 0 Å². The Kier molecular flexibility index (Phi) is 4.79. The third kappa shape index (κ3) is 3.88. The van der Waals surface area contributed by atoms with Crippen LogP contribution in [0.3, 0.4) is 0 Å². The van der Waals surface area contributed by atoms with Gasteiger partial charge in [0, 0.05) is 17.8 Å². The largest absolute Gasteiger partial charge is 0.435 e. The van der Waals surface area contributed by atoms with Crippen LogP contribution in [0.2, 0.25) is 0 Å². The summed E-state index contributed by atoms with van der Waals surface area (Å²) in [6.07, 6.45) is 1.65. The van der Waals surface area contributed by atoms with Crippen LogP contribution in [0.5, 0.6) is 5.75 Å². The fourth-order valence-corrected chi connectivity index (χ4v) is 2.58. The molecule has 7 heteroatoms. The molecule has 7 nitrogen and oxygen atoms in total. The minimum atomic E-state index is -0.590. The highest BCUT2D eigenvalue weighted by molar-refractivity contribution is 5.96. The number of amides is 1. The van der Waals surface area contributed by atoms with E-state index < -0.39 is 5.97 Å². The molecular weight excluding hydrogens is 358 g/mol. The Hall–Kier alpha value is -4.00. The number of hydrogen-bond donors (Lipinski definition) is 1. The first-order valence-electron chi connectivity index (χ1n) is 8.55. The molecule has 0 aliphatic heterocycles. The summed E-state index contributed by atoms with van der Waals surface area (Å²) < 4.78 is 11.0. The van der Waals surface area contributed by atoms with Crippen LogP contribution in [-0.4, -0.2) is 28.4 Å². The fourth-order valence-electron chi connectivity index (χ4n) is 2.58. The number of rotatable bonds is 5. The monoisotopic (exact) mass is 373 g/mol. The summed E-state index contributed by atoms with van der Waals surface area (Å²) in [6, 6.07) is 19.0. The van der Waals surface area contributed by atoms with Gasteiger partial charge in [0.2, 0.25) is 5.89 Å². The number of nitrogens with zero attached hydrogens (tertiary/aromatic N) is 2. The molecule has 0 radical (unpaired) electrons. The lowest BCUT2D eigenvalue weighted by Crippen LogP contribution is -2.31. The predicted molar refractivity (Wildman–Crippen MR) is 102 cm³/mol. The van der Waals surface area contributed by atoms with E-state index in [1.807, 2.05) is 12.1 Å². The van der Waals surface area contributed by atoms with Crippen molar-refractivity contribution in [1.82, 2.24) is 15.3 Å². The van der Waals surface area contributed by atoms with Gasteiger partial charge in [-0.1, -0.05) is 24.3 Å². The number of carbonyl (C=O) groups excluding carboxylic acids is 2. The average Bonchev–Trinajstić information content (AvgIpc) is 3.17. The van der Waals surface area contributed by atoms with Crippen molar-refractivity contribution in [3.8, 4) is 17.3 Å². The van der Waals surface area contributed by atoms with Crippen molar-refractivity contribution < 1.29 is 18.7 Å². The molecule has 0 aliphatic rings. The number of nitrogens with one attached hydrogen (secondary N) is 1. The maximum absolute atomic E-state index is 12.0. The maximum Gasteiger partial charge on any atom is 0.330 e. The van der Waals surface area contributed by atoms with Crippen molar-refractivity contribution in [2.24, 2.45) is 0 Å². The summed E-state index contributed by atoms with van der Waals surface area (Å²) in [7, 11) is 0. The van der Waals surface area contributed by atoms with Crippen LogP contribution in [0.25, 0.3) is 22.7 Å². The van der Waals surface area contributed by atoms with Crippen LogP contribution in [0, 0.1) is 0 Å². The number of oxazole rings is 1. The van der Waals surface area contributed by atoms with Gasteiger partial charge >= 0.3 is 5.97 Å². The molecule has 28 heavy (non-hydrogen) atoms. The first-order chi connectivity index (χ1) is 13.7. The topological polar surface area (TPSA) is 94.3 Å². The van der Waals surface area contributed by atoms with Crippen molar-refractivity contribution in [2.75, 3.05) is 6.54 Å². The summed E-state index contributed by atoms with van der Waals surface area (Å²) in [5.41, 5.74) is 2.18. The lowest BCUT2D eigenvalue weighted by molar-refractivity contribution is -0.133. The first kappa shape index (κ1) is 17.4. The van der Waals surface area contributed by atoms with Crippen molar-refractivity contribution >= 4 is 23.0 Å². The van der Waals surface area contributed by atoms with Crippen molar-refractivity contribution in [2.45, 2.75) is 0 Å². The first-order valence-corrected chi connectivity index (χ1v) is 8.55. The summed E-state index contributed by atoms with van der Waals surface area (Å²) in [5, 5.41) is 2.52. The molecule has 0 atom stereocenters. The summed E-state index contributed by atoms with van der Waals surface area (Å²) >= 11 is 0. The number of aromatic nitrogens is 2. The number of carbonyl (C=O) groups is 2. The molecule has 4 aromatic rings. The highest BCUT2D eigenvalue weighted by Crippen LogP contribution is 2.26. The molecule has 4 rings (SSSR count). The minimum Gasteiger partial charge on any atom is -0.435 e. The highest BCUT2D eigenvalue weighted by atomic mass is 16.5. The Bertz CT molecular complexity index is 1120. The van der Waals surface area contributed by atoms with Gasteiger partial charge in [-0.3, -0.25) is 9.78 Å². The normalized spacial score (nSPS) is 10.6.